The summed E-state index contributed by atoms with van der Waals surface area (Å²) in [7, 11) is 0. The van der Waals surface area contributed by atoms with Gasteiger partial charge in [-0.05, 0) is 32.8 Å². The zero-order chi connectivity index (χ0) is 14.7. The number of aromatic nitrogens is 2. The van der Waals surface area contributed by atoms with Crippen molar-refractivity contribution in [2.24, 2.45) is 5.92 Å². The van der Waals surface area contributed by atoms with Gasteiger partial charge < -0.3 is 10.4 Å². The van der Waals surface area contributed by atoms with Crippen LogP contribution in [0.15, 0.2) is 6.07 Å². The smallest absolute Gasteiger partial charge is 0.308 e. The Hall–Kier alpha value is -1.85. The van der Waals surface area contributed by atoms with Crippen LogP contribution in [0.3, 0.4) is 0 Å². The molecule has 2 rings (SSSR count). The number of hydrogen-bond acceptors (Lipinski definition) is 3. The van der Waals surface area contributed by atoms with Gasteiger partial charge in [0.2, 0.25) is 5.91 Å². The standard InChI is InChI=1S/C14H21N3O3/c1-9-8-10(2)17(16-9)7-6-13(18)15-12-5-3-4-11(12)14(19)20/h8,11-12H,3-7H2,1-2H3,(H,15,18)(H,19,20). The molecule has 0 bridgehead atoms. The van der Waals surface area contributed by atoms with Crippen molar-refractivity contribution in [3.8, 4) is 0 Å². The van der Waals surface area contributed by atoms with E-state index in [2.05, 4.69) is 10.4 Å². The van der Waals surface area contributed by atoms with Gasteiger partial charge in [0, 0.05) is 24.7 Å². The fraction of sp³-hybridized carbons (Fsp3) is 0.643. The molecule has 1 aromatic rings. The van der Waals surface area contributed by atoms with Crippen molar-refractivity contribution in [2.75, 3.05) is 0 Å². The number of carboxylic acid groups (broad SMARTS) is 1. The Kier molecular flexibility index (Phi) is 4.42. The molecule has 2 N–H and O–H groups in total. The molecule has 1 aromatic heterocycles. The molecule has 1 aliphatic carbocycles. The van der Waals surface area contributed by atoms with Crippen LogP contribution in [0, 0.1) is 19.8 Å². The summed E-state index contributed by atoms with van der Waals surface area (Å²) in [6.45, 7) is 4.39. The highest BCUT2D eigenvalue weighted by Gasteiger charge is 2.33. The zero-order valence-electron chi connectivity index (χ0n) is 11.9. The molecule has 20 heavy (non-hydrogen) atoms. The van der Waals surface area contributed by atoms with E-state index in [1.807, 2.05) is 19.9 Å². The van der Waals surface area contributed by atoms with Crippen molar-refractivity contribution in [1.82, 2.24) is 15.1 Å². The van der Waals surface area contributed by atoms with Crippen molar-refractivity contribution < 1.29 is 14.7 Å². The molecule has 0 aliphatic heterocycles. The maximum atomic E-state index is 11.9. The molecule has 110 valence electrons. The van der Waals surface area contributed by atoms with E-state index in [0.717, 1.165) is 24.2 Å². The molecule has 0 radical (unpaired) electrons. The predicted octanol–water partition coefficient (Wildman–Crippen LogP) is 1.26. The number of aliphatic carboxylic acids is 1. The van der Waals surface area contributed by atoms with Gasteiger partial charge in [-0.15, -0.1) is 0 Å². The maximum absolute atomic E-state index is 11.9. The third-order valence-electron chi connectivity index (χ3n) is 3.83. The highest BCUT2D eigenvalue weighted by molar-refractivity contribution is 5.78. The summed E-state index contributed by atoms with van der Waals surface area (Å²) in [6.07, 6.45) is 2.59. The van der Waals surface area contributed by atoms with Gasteiger partial charge >= 0.3 is 5.97 Å². The second-order valence-electron chi connectivity index (χ2n) is 5.45. The molecule has 1 fully saturated rings. The number of carboxylic acids is 1. The molecule has 0 spiro atoms. The van der Waals surface area contributed by atoms with Gasteiger partial charge in [0.25, 0.3) is 0 Å². The van der Waals surface area contributed by atoms with Crippen LogP contribution in [0.5, 0.6) is 0 Å². The lowest BCUT2D eigenvalue weighted by Crippen LogP contribution is -2.40. The van der Waals surface area contributed by atoms with E-state index in [0.29, 0.717) is 19.4 Å². The Morgan fingerprint density at radius 3 is 2.80 bits per heavy atom. The zero-order valence-corrected chi connectivity index (χ0v) is 11.9. The normalized spacial score (nSPS) is 21.9. The molecular formula is C14H21N3O3. The van der Waals surface area contributed by atoms with E-state index >= 15 is 0 Å². The van der Waals surface area contributed by atoms with Crippen LogP contribution in [0.4, 0.5) is 0 Å². The summed E-state index contributed by atoms with van der Waals surface area (Å²) >= 11 is 0. The van der Waals surface area contributed by atoms with Crippen LogP contribution in [-0.4, -0.2) is 32.8 Å². The van der Waals surface area contributed by atoms with Gasteiger partial charge in [0.1, 0.15) is 0 Å². The van der Waals surface area contributed by atoms with Gasteiger partial charge in [-0.1, -0.05) is 6.42 Å². The second kappa shape index (κ2) is 6.07. The van der Waals surface area contributed by atoms with Gasteiger partial charge in [0.05, 0.1) is 11.6 Å². The number of nitrogens with one attached hydrogen (secondary N) is 1. The molecule has 2 unspecified atom stereocenters. The Morgan fingerprint density at radius 1 is 1.45 bits per heavy atom. The predicted molar refractivity (Wildman–Crippen MR) is 73.2 cm³/mol. The lowest BCUT2D eigenvalue weighted by molar-refractivity contribution is -0.142. The first-order valence-corrected chi connectivity index (χ1v) is 7.00. The molecule has 1 saturated carbocycles. The number of carbonyl (C=O) groups excluding carboxylic acids is 1. The van der Waals surface area contributed by atoms with Crippen LogP contribution in [-0.2, 0) is 16.1 Å². The van der Waals surface area contributed by atoms with Gasteiger partial charge in [-0.3, -0.25) is 14.3 Å². The summed E-state index contributed by atoms with van der Waals surface area (Å²) in [5.41, 5.74) is 1.96. The van der Waals surface area contributed by atoms with Crippen molar-refractivity contribution in [1.29, 1.82) is 0 Å². The third-order valence-corrected chi connectivity index (χ3v) is 3.83. The topological polar surface area (TPSA) is 84.2 Å². The minimum atomic E-state index is -0.814. The first-order valence-electron chi connectivity index (χ1n) is 7.00. The molecule has 0 aromatic carbocycles. The van der Waals surface area contributed by atoms with Crippen molar-refractivity contribution in [3.05, 3.63) is 17.5 Å². The molecule has 6 heteroatoms. The molecular weight excluding hydrogens is 258 g/mol. The van der Waals surface area contributed by atoms with Crippen LogP contribution in [0.2, 0.25) is 0 Å². The van der Waals surface area contributed by atoms with Crippen molar-refractivity contribution in [3.63, 3.8) is 0 Å². The van der Waals surface area contributed by atoms with Gasteiger partial charge in [0.15, 0.2) is 0 Å². The van der Waals surface area contributed by atoms with E-state index in [4.69, 9.17) is 5.11 Å². The fourth-order valence-corrected chi connectivity index (χ4v) is 2.82. The largest absolute Gasteiger partial charge is 0.481 e. The minimum absolute atomic E-state index is 0.101. The average molecular weight is 279 g/mol. The summed E-state index contributed by atoms with van der Waals surface area (Å²) in [4.78, 5) is 23.0. The Labute approximate surface area is 118 Å². The summed E-state index contributed by atoms with van der Waals surface area (Å²) in [5, 5.41) is 16.2. The van der Waals surface area contributed by atoms with Crippen molar-refractivity contribution in [2.45, 2.75) is 52.1 Å². The average Bonchev–Trinajstić information content (AvgIpc) is 2.93. The number of amides is 1. The van der Waals surface area contributed by atoms with Crippen LogP contribution in [0.1, 0.15) is 37.1 Å². The summed E-state index contributed by atoms with van der Waals surface area (Å²) in [6, 6.07) is 1.75. The summed E-state index contributed by atoms with van der Waals surface area (Å²) in [5.74, 6) is -1.35. The first-order chi connectivity index (χ1) is 9.47. The molecule has 1 aliphatic rings. The number of carbonyl (C=O) groups is 2. The molecule has 1 amide bonds. The van der Waals surface area contributed by atoms with Gasteiger partial charge in [-0.2, -0.15) is 5.10 Å². The fourth-order valence-electron chi connectivity index (χ4n) is 2.82. The second-order valence-corrected chi connectivity index (χ2v) is 5.45. The third kappa shape index (κ3) is 3.37. The monoisotopic (exact) mass is 279 g/mol. The lowest BCUT2D eigenvalue weighted by Gasteiger charge is -2.17. The number of aryl methyl sites for hydroxylation is 3. The molecule has 1 heterocycles. The number of nitrogens with zero attached hydrogens (tertiary/aromatic N) is 2. The molecule has 2 atom stereocenters. The van der Waals surface area contributed by atoms with E-state index in [-0.39, 0.29) is 11.9 Å². The Balaban J connectivity index is 1.84. The molecule has 6 nitrogen and oxygen atoms in total. The highest BCUT2D eigenvalue weighted by atomic mass is 16.4. The number of rotatable bonds is 5. The maximum Gasteiger partial charge on any atom is 0.308 e. The lowest BCUT2D eigenvalue weighted by atomic mass is 10.0. The van der Waals surface area contributed by atoms with E-state index in [1.54, 1.807) is 4.68 Å². The summed E-state index contributed by atoms with van der Waals surface area (Å²) < 4.78 is 1.80. The van der Waals surface area contributed by atoms with E-state index in [1.165, 1.54) is 0 Å². The van der Waals surface area contributed by atoms with Gasteiger partial charge in [-0.25, -0.2) is 0 Å². The van der Waals surface area contributed by atoms with Crippen LogP contribution in [0.25, 0.3) is 0 Å². The van der Waals surface area contributed by atoms with Crippen molar-refractivity contribution >= 4 is 11.9 Å². The van der Waals surface area contributed by atoms with E-state index < -0.39 is 11.9 Å². The minimum Gasteiger partial charge on any atom is -0.481 e. The SMILES string of the molecule is Cc1cc(C)n(CCC(=O)NC2CCCC2C(=O)O)n1. The highest BCUT2D eigenvalue weighted by Crippen LogP contribution is 2.25. The first kappa shape index (κ1) is 14.6. The van der Waals surface area contributed by atoms with Crippen LogP contribution >= 0.6 is 0 Å². The Bertz CT molecular complexity index is 510. The molecule has 0 saturated heterocycles. The van der Waals surface area contributed by atoms with Crippen LogP contribution < -0.4 is 5.32 Å². The Morgan fingerprint density at radius 2 is 2.20 bits per heavy atom. The number of hydrogen-bond donors (Lipinski definition) is 2. The quantitative estimate of drug-likeness (QED) is 0.850. The van der Waals surface area contributed by atoms with E-state index in [9.17, 15) is 9.59 Å².